The molecule has 1 aliphatic carbocycles. The third-order valence-corrected chi connectivity index (χ3v) is 6.08. The van der Waals surface area contributed by atoms with Gasteiger partial charge in [-0.15, -0.1) is 0 Å². The van der Waals surface area contributed by atoms with Crippen molar-refractivity contribution in [1.29, 1.82) is 0 Å². The van der Waals surface area contributed by atoms with Crippen molar-refractivity contribution in [3.8, 4) is 11.5 Å². The lowest BCUT2D eigenvalue weighted by Crippen LogP contribution is -2.29. The van der Waals surface area contributed by atoms with E-state index in [1.807, 2.05) is 50.2 Å². The quantitative estimate of drug-likeness (QED) is 0.593. The molecule has 0 atom stereocenters. The van der Waals surface area contributed by atoms with E-state index >= 15 is 0 Å². The molecule has 1 aromatic heterocycles. The van der Waals surface area contributed by atoms with E-state index in [4.69, 9.17) is 9.47 Å². The van der Waals surface area contributed by atoms with Gasteiger partial charge in [0.15, 0.2) is 11.5 Å². The maximum atomic E-state index is 13.2. The average Bonchev–Trinajstić information content (AvgIpc) is 3.24. The van der Waals surface area contributed by atoms with Crippen molar-refractivity contribution >= 4 is 22.5 Å². The van der Waals surface area contributed by atoms with E-state index in [9.17, 15) is 4.79 Å². The minimum absolute atomic E-state index is 0.0338. The molecule has 3 aromatic rings. The van der Waals surface area contributed by atoms with E-state index in [0.29, 0.717) is 5.75 Å². The van der Waals surface area contributed by atoms with Gasteiger partial charge >= 0.3 is 0 Å². The van der Waals surface area contributed by atoms with Gasteiger partial charge in [-0.2, -0.15) is 0 Å². The van der Waals surface area contributed by atoms with Crippen molar-refractivity contribution in [2.75, 3.05) is 5.32 Å². The van der Waals surface area contributed by atoms with Gasteiger partial charge in [0.05, 0.1) is 5.41 Å². The van der Waals surface area contributed by atoms with Crippen LogP contribution in [0, 0.1) is 0 Å². The molecule has 30 heavy (non-hydrogen) atoms. The summed E-state index contributed by atoms with van der Waals surface area (Å²) in [4.78, 5) is 16.7. The summed E-state index contributed by atoms with van der Waals surface area (Å²) < 4.78 is 11.7. The number of ether oxygens (including phenoxy) is 2. The van der Waals surface area contributed by atoms with Gasteiger partial charge in [-0.25, -0.2) is 0 Å². The zero-order valence-electron chi connectivity index (χ0n) is 18.2. The standard InChI is InChI=1S/C25H28N2O3/c1-23(2,3)21-13-15-12-17(7-8-18(15)27-21)26-22(28)25(10-11-25)16-6-9-19-20(14-16)30-24(4,5)29-19/h6-9,12-14,27H,10-11H2,1-5H3,(H,26,28). The minimum Gasteiger partial charge on any atom is -0.449 e. The highest BCUT2D eigenvalue weighted by Crippen LogP contribution is 2.52. The molecule has 156 valence electrons. The Kier molecular flexibility index (Phi) is 3.83. The van der Waals surface area contributed by atoms with Crippen LogP contribution in [0.25, 0.3) is 10.9 Å². The minimum atomic E-state index is -0.669. The Labute approximate surface area is 176 Å². The Morgan fingerprint density at radius 2 is 1.73 bits per heavy atom. The number of H-pyrrole nitrogens is 1. The van der Waals surface area contributed by atoms with E-state index in [-0.39, 0.29) is 11.3 Å². The predicted octanol–water partition coefficient (Wildman–Crippen LogP) is 5.64. The molecule has 1 amide bonds. The summed E-state index contributed by atoms with van der Waals surface area (Å²) in [6.45, 7) is 10.3. The first-order valence-corrected chi connectivity index (χ1v) is 10.5. The third-order valence-electron chi connectivity index (χ3n) is 6.08. The van der Waals surface area contributed by atoms with Crippen LogP contribution >= 0.6 is 0 Å². The zero-order valence-corrected chi connectivity index (χ0v) is 18.2. The van der Waals surface area contributed by atoms with Gasteiger partial charge in [0.1, 0.15) is 0 Å². The van der Waals surface area contributed by atoms with Gasteiger partial charge in [-0.05, 0) is 54.8 Å². The van der Waals surface area contributed by atoms with Gasteiger partial charge in [-0.3, -0.25) is 4.79 Å². The second-order valence-electron chi connectivity index (χ2n) is 10.0. The van der Waals surface area contributed by atoms with Crippen molar-refractivity contribution in [1.82, 2.24) is 4.98 Å². The Morgan fingerprint density at radius 1 is 1.00 bits per heavy atom. The molecule has 2 N–H and O–H groups in total. The van der Waals surface area contributed by atoms with Crippen LogP contribution in [0.5, 0.6) is 11.5 Å². The number of benzene rings is 2. The van der Waals surface area contributed by atoms with Crippen molar-refractivity contribution in [2.45, 2.75) is 64.1 Å². The number of carbonyl (C=O) groups is 1. The first-order valence-electron chi connectivity index (χ1n) is 10.5. The van der Waals surface area contributed by atoms with Crippen molar-refractivity contribution in [3.63, 3.8) is 0 Å². The van der Waals surface area contributed by atoms with Crippen LogP contribution < -0.4 is 14.8 Å². The fraction of sp³-hybridized carbons (Fsp3) is 0.400. The summed E-state index contributed by atoms with van der Waals surface area (Å²) in [5.74, 6) is 0.803. The maximum absolute atomic E-state index is 13.2. The number of amides is 1. The number of aromatic nitrogens is 1. The first kappa shape index (κ1) is 19.0. The second-order valence-corrected chi connectivity index (χ2v) is 10.0. The lowest BCUT2D eigenvalue weighted by Gasteiger charge is -2.17. The van der Waals surface area contributed by atoms with Crippen molar-refractivity contribution in [2.24, 2.45) is 0 Å². The number of nitrogens with one attached hydrogen (secondary N) is 2. The molecular weight excluding hydrogens is 376 g/mol. The first-order chi connectivity index (χ1) is 14.1. The van der Waals surface area contributed by atoms with Gasteiger partial charge in [0.2, 0.25) is 11.7 Å². The Morgan fingerprint density at radius 3 is 2.43 bits per heavy atom. The molecule has 2 heterocycles. The lowest BCUT2D eigenvalue weighted by atomic mass is 9.92. The Bertz CT molecular complexity index is 1160. The molecule has 2 aliphatic rings. The van der Waals surface area contributed by atoms with Crippen LogP contribution in [-0.2, 0) is 15.6 Å². The van der Waals surface area contributed by atoms with Crippen molar-refractivity contribution in [3.05, 3.63) is 53.7 Å². The summed E-state index contributed by atoms with van der Waals surface area (Å²) in [7, 11) is 0. The number of anilines is 1. The normalized spacial score (nSPS) is 18.4. The highest BCUT2D eigenvalue weighted by atomic mass is 16.7. The van der Waals surface area contributed by atoms with Gasteiger partial charge < -0.3 is 19.8 Å². The summed E-state index contributed by atoms with van der Waals surface area (Å²) in [6.07, 6.45) is 1.67. The average molecular weight is 405 g/mol. The van der Waals surface area contributed by atoms with E-state index in [2.05, 4.69) is 37.1 Å². The molecule has 5 heteroatoms. The Hall–Kier alpha value is -2.95. The molecule has 0 unspecified atom stereocenters. The number of rotatable bonds is 3. The van der Waals surface area contributed by atoms with Crippen molar-refractivity contribution < 1.29 is 14.3 Å². The summed E-state index contributed by atoms with van der Waals surface area (Å²) in [5.41, 5.74) is 3.63. The van der Waals surface area contributed by atoms with E-state index in [0.717, 1.165) is 40.7 Å². The summed E-state index contributed by atoms with van der Waals surface area (Å²) in [6, 6.07) is 14.0. The Balaban J connectivity index is 1.39. The van der Waals surface area contributed by atoms with Crippen LogP contribution in [0.1, 0.15) is 58.7 Å². The highest BCUT2D eigenvalue weighted by Gasteiger charge is 2.52. The smallest absolute Gasteiger partial charge is 0.246 e. The number of hydrogen-bond acceptors (Lipinski definition) is 3. The molecule has 1 saturated carbocycles. The van der Waals surface area contributed by atoms with Crippen LogP contribution in [0.15, 0.2) is 42.5 Å². The van der Waals surface area contributed by atoms with Gasteiger partial charge in [0.25, 0.3) is 0 Å². The molecule has 0 saturated heterocycles. The monoisotopic (exact) mass is 404 g/mol. The SMILES string of the molecule is CC1(C)Oc2ccc(C3(C(=O)Nc4ccc5[nH]c(C(C)(C)C)cc5c4)CC3)cc2O1. The largest absolute Gasteiger partial charge is 0.449 e. The molecule has 2 aromatic carbocycles. The molecule has 1 fully saturated rings. The number of fused-ring (bicyclic) bond motifs is 2. The van der Waals surface area contributed by atoms with Gasteiger partial charge in [0, 0.05) is 41.5 Å². The lowest BCUT2D eigenvalue weighted by molar-refractivity contribution is -0.118. The number of aromatic amines is 1. The predicted molar refractivity (Wildman–Crippen MR) is 118 cm³/mol. The van der Waals surface area contributed by atoms with Crippen LogP contribution in [0.3, 0.4) is 0 Å². The third kappa shape index (κ3) is 3.13. The highest BCUT2D eigenvalue weighted by molar-refractivity contribution is 6.02. The molecular formula is C25H28N2O3. The van der Waals surface area contributed by atoms with Crippen LogP contribution in [-0.4, -0.2) is 16.7 Å². The van der Waals surface area contributed by atoms with E-state index in [1.165, 1.54) is 5.69 Å². The number of hydrogen-bond donors (Lipinski definition) is 2. The molecule has 5 nitrogen and oxygen atoms in total. The molecule has 0 bridgehead atoms. The van der Waals surface area contributed by atoms with Gasteiger partial charge in [-0.1, -0.05) is 26.8 Å². The van der Waals surface area contributed by atoms with E-state index in [1.54, 1.807) is 0 Å². The topological polar surface area (TPSA) is 63.3 Å². The molecule has 0 radical (unpaired) electrons. The summed E-state index contributed by atoms with van der Waals surface area (Å²) in [5, 5.41) is 4.25. The second kappa shape index (κ2) is 6.03. The molecule has 0 spiro atoms. The maximum Gasteiger partial charge on any atom is 0.246 e. The summed E-state index contributed by atoms with van der Waals surface area (Å²) >= 11 is 0. The van der Waals surface area contributed by atoms with E-state index < -0.39 is 11.2 Å². The molecule has 1 aliphatic heterocycles. The fourth-order valence-corrected chi connectivity index (χ4v) is 4.16. The number of carbonyl (C=O) groups excluding carboxylic acids is 1. The zero-order chi connectivity index (χ0) is 21.3. The van der Waals surface area contributed by atoms with Crippen LogP contribution in [0.2, 0.25) is 0 Å². The molecule has 5 rings (SSSR count). The fourth-order valence-electron chi connectivity index (χ4n) is 4.16. The van der Waals surface area contributed by atoms with Crippen LogP contribution in [0.4, 0.5) is 5.69 Å².